The summed E-state index contributed by atoms with van der Waals surface area (Å²) in [4.78, 5) is 73.5. The number of hydrogen-bond donors (Lipinski definition) is 3. The zero-order valence-electron chi connectivity index (χ0n) is 33.4. The van der Waals surface area contributed by atoms with Gasteiger partial charge in [-0.1, -0.05) is 88.4 Å². The third-order valence-corrected chi connectivity index (χ3v) is 9.95. The average Bonchev–Trinajstić information content (AvgIpc) is 3.92. The fraction of sp³-hybridized carbons (Fsp3) is 0.595. The van der Waals surface area contributed by atoms with E-state index in [1.165, 1.54) is 12.0 Å². The Kier molecular flexibility index (Phi) is 16.8. The van der Waals surface area contributed by atoms with Gasteiger partial charge in [0.05, 0.1) is 32.4 Å². The van der Waals surface area contributed by atoms with E-state index in [2.05, 4.69) is 16.0 Å². The first-order chi connectivity index (χ1) is 26.3. The molecular weight excluding hydrogens is 702 g/mol. The van der Waals surface area contributed by atoms with Gasteiger partial charge in [-0.25, -0.2) is 0 Å². The molecule has 0 saturated carbocycles. The average molecular weight is 764 g/mol. The van der Waals surface area contributed by atoms with Crippen molar-refractivity contribution in [3.05, 3.63) is 71.8 Å². The Morgan fingerprint density at radius 2 is 1.38 bits per heavy atom. The van der Waals surface area contributed by atoms with Crippen molar-refractivity contribution >= 4 is 29.4 Å². The first kappa shape index (κ1) is 43.6. The smallest absolute Gasteiger partial charge is 0.247 e. The Morgan fingerprint density at radius 3 is 1.95 bits per heavy atom. The van der Waals surface area contributed by atoms with Crippen LogP contribution >= 0.6 is 0 Å². The zero-order valence-corrected chi connectivity index (χ0v) is 33.4. The molecular formula is C42H61N5O8. The number of aryl methyl sites for hydroxylation is 1. The molecule has 13 nitrogen and oxygen atoms in total. The summed E-state index contributed by atoms with van der Waals surface area (Å²) in [6.07, 6.45) is 1.62. The number of Topliss-reactive ketones (excluding diaryl/α,β-unsaturated/α-hetero) is 1. The molecule has 4 amide bonds. The maximum Gasteiger partial charge on any atom is 0.247 e. The zero-order chi connectivity index (χ0) is 40.0. The lowest BCUT2D eigenvalue weighted by atomic mass is 9.93. The summed E-state index contributed by atoms with van der Waals surface area (Å²) in [5.74, 6) is -1.94. The predicted octanol–water partition coefficient (Wildman–Crippen LogP) is 2.90. The lowest BCUT2D eigenvalue weighted by Gasteiger charge is -2.35. The van der Waals surface area contributed by atoms with Crippen LogP contribution in [0.1, 0.15) is 65.0 Å². The van der Waals surface area contributed by atoms with Crippen LogP contribution in [0.5, 0.6) is 0 Å². The molecule has 2 aliphatic heterocycles. The second-order valence-electron chi connectivity index (χ2n) is 15.7. The lowest BCUT2D eigenvalue weighted by molar-refractivity contribution is -0.150. The number of amides is 4. The SMILES string of the molecule is COCN(C(=O)[C@H](CCc1ccccc1)NC(=O)CN1CCOCC1)[C@@H](CC(C)C)C(=O)N[C@@H](Cc1ccccc1)C(=O)N[C@@H](CC(C)C)C(=O)[C@@]1(C)CO1. The highest BCUT2D eigenvalue weighted by Crippen LogP contribution is 2.30. The number of carbonyl (C=O) groups is 5. The molecule has 0 aromatic heterocycles. The van der Waals surface area contributed by atoms with E-state index in [4.69, 9.17) is 14.2 Å². The topological polar surface area (TPSA) is 159 Å². The molecule has 13 heteroatoms. The molecule has 4 rings (SSSR count). The van der Waals surface area contributed by atoms with Crippen molar-refractivity contribution in [1.82, 2.24) is 25.8 Å². The molecule has 2 aromatic rings. The quantitative estimate of drug-likeness (QED) is 0.121. The number of carbonyl (C=O) groups excluding carboxylic acids is 5. The minimum absolute atomic E-state index is 0.0321. The molecule has 55 heavy (non-hydrogen) atoms. The number of nitrogens with zero attached hydrogens (tertiary/aromatic N) is 2. The monoisotopic (exact) mass is 763 g/mol. The maximum absolute atomic E-state index is 14.6. The summed E-state index contributed by atoms with van der Waals surface area (Å²) in [5.41, 5.74) is 0.869. The van der Waals surface area contributed by atoms with Crippen LogP contribution in [0.15, 0.2) is 60.7 Å². The van der Waals surface area contributed by atoms with Gasteiger partial charge in [-0.15, -0.1) is 0 Å². The number of ketones is 1. The Morgan fingerprint density at radius 1 is 0.800 bits per heavy atom. The fourth-order valence-electron chi connectivity index (χ4n) is 6.81. The van der Waals surface area contributed by atoms with E-state index in [1.807, 2.05) is 93.3 Å². The summed E-state index contributed by atoms with van der Waals surface area (Å²) in [6.45, 7) is 12.0. The Hall–Kier alpha value is -4.17. The maximum atomic E-state index is 14.6. The summed E-state index contributed by atoms with van der Waals surface area (Å²) >= 11 is 0. The van der Waals surface area contributed by atoms with Crippen LogP contribution in [-0.2, 0) is 51.0 Å². The number of ether oxygens (including phenoxy) is 3. The van der Waals surface area contributed by atoms with Gasteiger partial charge in [-0.2, -0.15) is 0 Å². The van der Waals surface area contributed by atoms with Crippen molar-refractivity contribution in [3.8, 4) is 0 Å². The summed E-state index contributed by atoms with van der Waals surface area (Å²) in [5, 5.41) is 8.87. The van der Waals surface area contributed by atoms with Crippen LogP contribution in [0.2, 0.25) is 0 Å². The summed E-state index contributed by atoms with van der Waals surface area (Å²) in [6, 6.07) is 15.1. The Bertz CT molecular complexity index is 1550. The van der Waals surface area contributed by atoms with Gasteiger partial charge in [0, 0.05) is 26.6 Å². The molecule has 0 spiro atoms. The number of epoxide rings is 1. The molecule has 0 aliphatic carbocycles. The third kappa shape index (κ3) is 13.8. The van der Waals surface area contributed by atoms with Gasteiger partial charge in [0.25, 0.3) is 0 Å². The minimum Gasteiger partial charge on any atom is -0.379 e. The van der Waals surface area contributed by atoms with Gasteiger partial charge in [-0.05, 0) is 55.6 Å². The largest absolute Gasteiger partial charge is 0.379 e. The minimum atomic E-state index is -1.07. The molecule has 3 N–H and O–H groups in total. The molecule has 2 fully saturated rings. The number of nitrogens with one attached hydrogen (secondary N) is 3. The van der Waals surface area contributed by atoms with Gasteiger partial charge >= 0.3 is 0 Å². The first-order valence-electron chi connectivity index (χ1n) is 19.5. The number of hydrogen-bond acceptors (Lipinski definition) is 9. The summed E-state index contributed by atoms with van der Waals surface area (Å²) < 4.78 is 16.4. The first-order valence-corrected chi connectivity index (χ1v) is 19.5. The van der Waals surface area contributed by atoms with Gasteiger partial charge in [-0.3, -0.25) is 28.9 Å². The second-order valence-corrected chi connectivity index (χ2v) is 15.7. The molecule has 2 saturated heterocycles. The highest BCUT2D eigenvalue weighted by Gasteiger charge is 2.50. The van der Waals surface area contributed by atoms with Gasteiger partial charge in [0.1, 0.15) is 30.5 Å². The molecule has 0 unspecified atom stereocenters. The van der Waals surface area contributed by atoms with Crippen molar-refractivity contribution in [2.45, 2.75) is 96.5 Å². The van der Waals surface area contributed by atoms with E-state index >= 15 is 0 Å². The number of methoxy groups -OCH3 is 1. The highest BCUT2D eigenvalue weighted by atomic mass is 16.6. The van der Waals surface area contributed by atoms with Gasteiger partial charge in [0.15, 0.2) is 5.78 Å². The highest BCUT2D eigenvalue weighted by molar-refractivity contribution is 5.98. The predicted molar refractivity (Wildman–Crippen MR) is 209 cm³/mol. The van der Waals surface area contributed by atoms with Crippen LogP contribution in [0.25, 0.3) is 0 Å². The molecule has 2 aromatic carbocycles. The van der Waals surface area contributed by atoms with Gasteiger partial charge < -0.3 is 35.1 Å². The van der Waals surface area contributed by atoms with Crippen molar-refractivity contribution in [1.29, 1.82) is 0 Å². The molecule has 302 valence electrons. The van der Waals surface area contributed by atoms with Crippen LogP contribution in [0.3, 0.4) is 0 Å². The third-order valence-electron chi connectivity index (χ3n) is 9.95. The number of benzene rings is 2. The lowest BCUT2D eigenvalue weighted by Crippen LogP contribution is -2.60. The molecule has 2 aliphatic rings. The van der Waals surface area contributed by atoms with Gasteiger partial charge in [0.2, 0.25) is 23.6 Å². The number of rotatable bonds is 22. The van der Waals surface area contributed by atoms with E-state index in [9.17, 15) is 24.0 Å². The Labute approximate surface area is 326 Å². The van der Waals surface area contributed by atoms with E-state index in [0.717, 1.165) is 11.1 Å². The van der Waals surface area contributed by atoms with Crippen LogP contribution in [-0.4, -0.2) is 122 Å². The normalized spacial score (nSPS) is 19.2. The number of morpholine rings is 1. The van der Waals surface area contributed by atoms with Crippen LogP contribution < -0.4 is 16.0 Å². The van der Waals surface area contributed by atoms with Crippen molar-refractivity contribution < 1.29 is 38.2 Å². The van der Waals surface area contributed by atoms with E-state index in [1.54, 1.807) is 6.92 Å². The molecule has 0 bridgehead atoms. The fourth-order valence-corrected chi connectivity index (χ4v) is 6.81. The van der Waals surface area contributed by atoms with Crippen molar-refractivity contribution in [2.75, 3.05) is 53.3 Å². The second kappa shape index (κ2) is 21.2. The van der Waals surface area contributed by atoms with E-state index in [-0.39, 0.29) is 49.6 Å². The van der Waals surface area contributed by atoms with E-state index < -0.39 is 47.5 Å². The summed E-state index contributed by atoms with van der Waals surface area (Å²) in [7, 11) is 1.45. The van der Waals surface area contributed by atoms with Crippen molar-refractivity contribution in [2.24, 2.45) is 11.8 Å². The molecule has 5 atom stereocenters. The van der Waals surface area contributed by atoms with Crippen molar-refractivity contribution in [3.63, 3.8) is 0 Å². The molecule has 0 radical (unpaired) electrons. The van der Waals surface area contributed by atoms with Crippen LogP contribution in [0.4, 0.5) is 0 Å². The standard InChI is InChI=1S/C42H61N5O8/c1-29(2)23-34(38(49)42(5)27-55-42)44-39(50)35(25-32-15-11-8-12-16-32)45-40(51)36(24-30(3)4)47(28-53-6)41(52)33(18-17-31-13-9-7-10-14-31)43-37(48)26-46-19-21-54-22-20-46/h7-16,29-30,33-36H,17-28H2,1-6H3,(H,43,48)(H,44,50)(H,45,51)/t33-,34-,35-,36-,42+/m0/s1. The molecule has 2 heterocycles. The Balaban J connectivity index is 1.61. The van der Waals surface area contributed by atoms with Crippen LogP contribution in [0, 0.1) is 11.8 Å². The van der Waals surface area contributed by atoms with E-state index in [0.29, 0.717) is 52.2 Å².